The molecule has 1 aromatic rings. The summed E-state index contributed by atoms with van der Waals surface area (Å²) in [5.74, 6) is 1.73. The molecule has 0 bridgehead atoms. The lowest BCUT2D eigenvalue weighted by atomic mass is 10.2. The SMILES string of the molecule is COc1ccccc1C[NH2+]CC(C)C. The first kappa shape index (κ1) is 11.1. The lowest BCUT2D eigenvalue weighted by Crippen LogP contribution is -2.83. The Bertz CT molecular complexity index is 271. The molecular weight excluding hydrogens is 174 g/mol. The fourth-order valence-corrected chi connectivity index (χ4v) is 1.44. The van der Waals surface area contributed by atoms with E-state index in [1.807, 2.05) is 12.1 Å². The molecule has 78 valence electrons. The number of hydrogen-bond donors (Lipinski definition) is 1. The molecule has 2 nitrogen and oxygen atoms in total. The van der Waals surface area contributed by atoms with Gasteiger partial charge < -0.3 is 10.1 Å². The largest absolute Gasteiger partial charge is 0.496 e. The number of rotatable bonds is 5. The van der Waals surface area contributed by atoms with Crippen molar-refractivity contribution in [3.63, 3.8) is 0 Å². The van der Waals surface area contributed by atoms with Crippen molar-refractivity contribution in [2.75, 3.05) is 13.7 Å². The van der Waals surface area contributed by atoms with Crippen molar-refractivity contribution < 1.29 is 10.1 Å². The van der Waals surface area contributed by atoms with E-state index < -0.39 is 0 Å². The molecule has 0 aliphatic heterocycles. The Morgan fingerprint density at radius 3 is 2.64 bits per heavy atom. The third-order valence-electron chi connectivity index (χ3n) is 2.19. The van der Waals surface area contributed by atoms with Gasteiger partial charge in [-0.05, 0) is 12.1 Å². The van der Waals surface area contributed by atoms with Gasteiger partial charge in [0.05, 0.1) is 13.7 Å². The Kier molecular flexibility index (Phi) is 4.47. The maximum atomic E-state index is 5.28. The van der Waals surface area contributed by atoms with Crippen LogP contribution in [0.25, 0.3) is 0 Å². The predicted octanol–water partition coefficient (Wildman–Crippen LogP) is 1.41. The molecule has 0 radical (unpaired) electrons. The molecule has 1 aromatic carbocycles. The summed E-state index contributed by atoms with van der Waals surface area (Å²) in [6.07, 6.45) is 0. The Hall–Kier alpha value is -1.02. The molecule has 0 aromatic heterocycles. The molecule has 0 atom stereocenters. The van der Waals surface area contributed by atoms with Gasteiger partial charge in [-0.25, -0.2) is 0 Å². The number of hydrogen-bond acceptors (Lipinski definition) is 1. The molecule has 14 heavy (non-hydrogen) atoms. The van der Waals surface area contributed by atoms with E-state index in [1.165, 1.54) is 5.56 Å². The van der Waals surface area contributed by atoms with Gasteiger partial charge in [0.15, 0.2) is 0 Å². The molecule has 1 rings (SSSR count). The van der Waals surface area contributed by atoms with E-state index >= 15 is 0 Å². The van der Waals surface area contributed by atoms with E-state index in [9.17, 15) is 0 Å². The summed E-state index contributed by atoms with van der Waals surface area (Å²) in [5.41, 5.74) is 1.27. The highest BCUT2D eigenvalue weighted by Crippen LogP contribution is 2.15. The molecule has 0 fully saturated rings. The van der Waals surface area contributed by atoms with Crippen LogP contribution >= 0.6 is 0 Å². The van der Waals surface area contributed by atoms with Gasteiger partial charge in [0.1, 0.15) is 12.3 Å². The van der Waals surface area contributed by atoms with Crippen molar-refractivity contribution in [1.82, 2.24) is 0 Å². The van der Waals surface area contributed by atoms with Gasteiger partial charge >= 0.3 is 0 Å². The number of benzene rings is 1. The van der Waals surface area contributed by atoms with Crippen molar-refractivity contribution in [1.29, 1.82) is 0 Å². The smallest absolute Gasteiger partial charge is 0.127 e. The van der Waals surface area contributed by atoms with Crippen LogP contribution in [0.3, 0.4) is 0 Å². The van der Waals surface area contributed by atoms with E-state index in [0.29, 0.717) is 0 Å². The number of ether oxygens (including phenoxy) is 1. The first-order valence-corrected chi connectivity index (χ1v) is 5.17. The van der Waals surface area contributed by atoms with E-state index in [-0.39, 0.29) is 0 Å². The van der Waals surface area contributed by atoms with E-state index in [2.05, 4.69) is 31.3 Å². The fraction of sp³-hybridized carbons (Fsp3) is 0.500. The number of methoxy groups -OCH3 is 1. The molecule has 0 heterocycles. The van der Waals surface area contributed by atoms with Crippen LogP contribution in [0.15, 0.2) is 24.3 Å². The zero-order valence-electron chi connectivity index (χ0n) is 9.29. The van der Waals surface area contributed by atoms with Crippen LogP contribution in [-0.2, 0) is 6.54 Å². The van der Waals surface area contributed by atoms with Gasteiger partial charge in [0.2, 0.25) is 0 Å². The lowest BCUT2D eigenvalue weighted by molar-refractivity contribution is -0.675. The lowest BCUT2D eigenvalue weighted by Gasteiger charge is -2.08. The van der Waals surface area contributed by atoms with Gasteiger partial charge in [0.25, 0.3) is 0 Å². The molecule has 2 heteroatoms. The summed E-state index contributed by atoms with van der Waals surface area (Å²) in [4.78, 5) is 0. The van der Waals surface area contributed by atoms with Crippen molar-refractivity contribution >= 4 is 0 Å². The highest BCUT2D eigenvalue weighted by Gasteiger charge is 2.03. The zero-order chi connectivity index (χ0) is 10.4. The standard InChI is InChI=1S/C12H19NO/c1-10(2)8-13-9-11-6-4-5-7-12(11)14-3/h4-7,10,13H,8-9H2,1-3H3/p+1. The summed E-state index contributed by atoms with van der Waals surface area (Å²) in [5, 5.41) is 2.32. The normalized spacial score (nSPS) is 10.6. The average molecular weight is 194 g/mol. The quantitative estimate of drug-likeness (QED) is 0.753. The van der Waals surface area contributed by atoms with Crippen LogP contribution in [0.2, 0.25) is 0 Å². The van der Waals surface area contributed by atoms with E-state index in [1.54, 1.807) is 7.11 Å². The van der Waals surface area contributed by atoms with Crippen LogP contribution in [0.5, 0.6) is 5.75 Å². The Labute approximate surface area is 86.3 Å². The Balaban J connectivity index is 2.49. The van der Waals surface area contributed by atoms with Crippen molar-refractivity contribution in [2.45, 2.75) is 20.4 Å². The third kappa shape index (κ3) is 3.38. The maximum Gasteiger partial charge on any atom is 0.127 e. The van der Waals surface area contributed by atoms with Crippen molar-refractivity contribution in [3.8, 4) is 5.75 Å². The summed E-state index contributed by atoms with van der Waals surface area (Å²) < 4.78 is 5.28. The first-order chi connectivity index (χ1) is 6.74. The summed E-state index contributed by atoms with van der Waals surface area (Å²) in [7, 11) is 1.72. The van der Waals surface area contributed by atoms with Crippen molar-refractivity contribution in [2.24, 2.45) is 5.92 Å². The monoisotopic (exact) mass is 194 g/mol. The summed E-state index contributed by atoms with van der Waals surface area (Å²) >= 11 is 0. The van der Waals surface area contributed by atoms with Crippen LogP contribution in [-0.4, -0.2) is 13.7 Å². The van der Waals surface area contributed by atoms with Crippen LogP contribution in [0, 0.1) is 5.92 Å². The molecule has 0 amide bonds. The van der Waals surface area contributed by atoms with Gasteiger partial charge in [-0.2, -0.15) is 0 Å². The fourth-order valence-electron chi connectivity index (χ4n) is 1.44. The molecule has 0 spiro atoms. The van der Waals surface area contributed by atoms with Gasteiger partial charge in [-0.15, -0.1) is 0 Å². The van der Waals surface area contributed by atoms with Gasteiger partial charge in [-0.3, -0.25) is 0 Å². The first-order valence-electron chi connectivity index (χ1n) is 5.17. The Morgan fingerprint density at radius 1 is 1.29 bits per heavy atom. The highest BCUT2D eigenvalue weighted by molar-refractivity contribution is 5.32. The predicted molar refractivity (Wildman–Crippen MR) is 58.3 cm³/mol. The zero-order valence-corrected chi connectivity index (χ0v) is 9.29. The maximum absolute atomic E-state index is 5.28. The van der Waals surface area contributed by atoms with Crippen LogP contribution in [0.1, 0.15) is 19.4 Å². The second kappa shape index (κ2) is 5.66. The third-order valence-corrected chi connectivity index (χ3v) is 2.19. The number of para-hydroxylation sites is 1. The molecular formula is C12H20NO+. The molecule has 0 aliphatic rings. The molecule has 2 N–H and O–H groups in total. The van der Waals surface area contributed by atoms with E-state index in [0.717, 1.165) is 24.8 Å². The van der Waals surface area contributed by atoms with Gasteiger partial charge in [0, 0.05) is 11.5 Å². The van der Waals surface area contributed by atoms with Crippen LogP contribution in [0.4, 0.5) is 0 Å². The number of nitrogens with two attached hydrogens (primary N) is 1. The number of quaternary nitrogens is 1. The molecule has 0 aliphatic carbocycles. The molecule has 0 saturated heterocycles. The van der Waals surface area contributed by atoms with Crippen LogP contribution < -0.4 is 10.1 Å². The minimum atomic E-state index is 0.740. The topological polar surface area (TPSA) is 25.8 Å². The van der Waals surface area contributed by atoms with Gasteiger partial charge in [-0.1, -0.05) is 26.0 Å². The second-order valence-electron chi connectivity index (χ2n) is 3.93. The summed E-state index contributed by atoms with van der Waals surface area (Å²) in [6.45, 7) is 6.64. The van der Waals surface area contributed by atoms with E-state index in [4.69, 9.17) is 4.74 Å². The minimum Gasteiger partial charge on any atom is -0.496 e. The second-order valence-corrected chi connectivity index (χ2v) is 3.93. The average Bonchev–Trinajstić information content (AvgIpc) is 2.18. The highest BCUT2D eigenvalue weighted by atomic mass is 16.5. The minimum absolute atomic E-state index is 0.740. The van der Waals surface area contributed by atoms with Crippen molar-refractivity contribution in [3.05, 3.63) is 29.8 Å². The Morgan fingerprint density at radius 2 is 2.00 bits per heavy atom. The molecule has 0 unspecified atom stereocenters. The summed E-state index contributed by atoms with van der Waals surface area (Å²) in [6, 6.07) is 8.19. The molecule has 0 saturated carbocycles.